The van der Waals surface area contributed by atoms with E-state index in [1.54, 1.807) is 6.07 Å². The normalized spacial score (nSPS) is 12.3. The lowest BCUT2D eigenvalue weighted by atomic mass is 10.1. The van der Waals surface area contributed by atoms with Crippen LogP contribution in [0, 0.1) is 0 Å². The average Bonchev–Trinajstić information content (AvgIpc) is 2.25. The van der Waals surface area contributed by atoms with Crippen LogP contribution in [0.4, 0.5) is 13.2 Å². The smallest absolute Gasteiger partial charge is 0.350 e. The second-order valence-electron chi connectivity index (χ2n) is 5.56. The van der Waals surface area contributed by atoms with Gasteiger partial charge in [0.2, 0.25) is 5.91 Å². The van der Waals surface area contributed by atoms with Gasteiger partial charge in [0.1, 0.15) is 0 Å². The van der Waals surface area contributed by atoms with Gasteiger partial charge in [0.15, 0.2) is 0 Å². The van der Waals surface area contributed by atoms with Gasteiger partial charge in [-0.15, -0.1) is 0 Å². The predicted octanol–water partition coefficient (Wildman–Crippen LogP) is 2.71. The standard InChI is InChI=1S/C14H19F3N2O/c1-13(2,3)19-12(20)9-18-8-10-6-4-5-7-11(10)14(15,16)17/h4-7,18H,8-9H2,1-3H3,(H,19,20). The van der Waals surface area contributed by atoms with E-state index < -0.39 is 11.7 Å². The Morgan fingerprint density at radius 2 is 1.75 bits per heavy atom. The number of nitrogens with one attached hydrogen (secondary N) is 2. The van der Waals surface area contributed by atoms with Crippen molar-refractivity contribution in [2.24, 2.45) is 0 Å². The van der Waals surface area contributed by atoms with Crippen LogP contribution in [0.3, 0.4) is 0 Å². The van der Waals surface area contributed by atoms with Crippen LogP contribution < -0.4 is 10.6 Å². The third-order valence-corrected chi connectivity index (χ3v) is 2.44. The molecule has 1 rings (SSSR count). The summed E-state index contributed by atoms with van der Waals surface area (Å²) in [4.78, 5) is 11.5. The fraction of sp³-hybridized carbons (Fsp3) is 0.500. The summed E-state index contributed by atoms with van der Waals surface area (Å²) in [5, 5.41) is 5.45. The number of benzene rings is 1. The Balaban J connectivity index is 2.57. The van der Waals surface area contributed by atoms with E-state index in [4.69, 9.17) is 0 Å². The second-order valence-corrected chi connectivity index (χ2v) is 5.56. The molecule has 1 aromatic rings. The summed E-state index contributed by atoms with van der Waals surface area (Å²) in [5.41, 5.74) is -0.907. The summed E-state index contributed by atoms with van der Waals surface area (Å²) in [6.07, 6.45) is -4.38. The van der Waals surface area contributed by atoms with Gasteiger partial charge >= 0.3 is 6.18 Å². The molecule has 6 heteroatoms. The monoisotopic (exact) mass is 288 g/mol. The number of halogens is 3. The van der Waals surface area contributed by atoms with Crippen molar-refractivity contribution in [3.63, 3.8) is 0 Å². The Labute approximate surface area is 116 Å². The number of alkyl halides is 3. The van der Waals surface area contributed by atoms with Gasteiger partial charge in [-0.05, 0) is 32.4 Å². The Kier molecular flexibility index (Phi) is 5.16. The van der Waals surface area contributed by atoms with Gasteiger partial charge in [0, 0.05) is 12.1 Å². The molecule has 0 saturated carbocycles. The molecule has 1 amide bonds. The SMILES string of the molecule is CC(C)(C)NC(=O)CNCc1ccccc1C(F)(F)F. The molecule has 0 saturated heterocycles. The van der Waals surface area contributed by atoms with Crippen LogP contribution >= 0.6 is 0 Å². The highest BCUT2D eigenvalue weighted by Crippen LogP contribution is 2.31. The molecular formula is C14H19F3N2O. The number of carbonyl (C=O) groups excluding carboxylic acids is 1. The number of rotatable bonds is 4. The van der Waals surface area contributed by atoms with Crippen molar-refractivity contribution in [2.45, 2.75) is 39.0 Å². The van der Waals surface area contributed by atoms with Crippen molar-refractivity contribution in [1.82, 2.24) is 10.6 Å². The molecule has 0 fully saturated rings. The van der Waals surface area contributed by atoms with Crippen LogP contribution in [0.1, 0.15) is 31.9 Å². The Hall–Kier alpha value is -1.56. The summed E-state index contributed by atoms with van der Waals surface area (Å²) < 4.78 is 38.2. The van der Waals surface area contributed by atoms with E-state index in [2.05, 4.69) is 10.6 Å². The van der Waals surface area contributed by atoms with E-state index >= 15 is 0 Å². The van der Waals surface area contributed by atoms with Crippen LogP contribution in [0.25, 0.3) is 0 Å². The molecule has 3 nitrogen and oxygen atoms in total. The number of amides is 1. The quantitative estimate of drug-likeness (QED) is 0.894. The zero-order chi connectivity index (χ0) is 15.4. The summed E-state index contributed by atoms with van der Waals surface area (Å²) in [6, 6.07) is 5.32. The van der Waals surface area contributed by atoms with Gasteiger partial charge in [-0.1, -0.05) is 18.2 Å². The molecule has 1 aromatic carbocycles. The summed E-state index contributed by atoms with van der Waals surface area (Å²) >= 11 is 0. The molecule has 0 bridgehead atoms. The molecule has 20 heavy (non-hydrogen) atoms. The van der Waals surface area contributed by atoms with Crippen LogP contribution in [0.15, 0.2) is 24.3 Å². The third-order valence-electron chi connectivity index (χ3n) is 2.44. The zero-order valence-corrected chi connectivity index (χ0v) is 11.8. The molecular weight excluding hydrogens is 269 g/mol. The largest absolute Gasteiger partial charge is 0.416 e. The molecule has 0 radical (unpaired) electrons. The van der Waals surface area contributed by atoms with Crippen LogP contribution in [0.2, 0.25) is 0 Å². The summed E-state index contributed by atoms with van der Waals surface area (Å²) in [7, 11) is 0. The lowest BCUT2D eigenvalue weighted by molar-refractivity contribution is -0.138. The van der Waals surface area contributed by atoms with Crippen molar-refractivity contribution >= 4 is 5.91 Å². The molecule has 0 aromatic heterocycles. The van der Waals surface area contributed by atoms with Gasteiger partial charge < -0.3 is 10.6 Å². The maximum atomic E-state index is 12.7. The first-order valence-electron chi connectivity index (χ1n) is 6.26. The highest BCUT2D eigenvalue weighted by molar-refractivity contribution is 5.78. The van der Waals surface area contributed by atoms with Crippen molar-refractivity contribution in [2.75, 3.05) is 6.54 Å². The number of hydrogen-bond donors (Lipinski definition) is 2. The highest BCUT2D eigenvalue weighted by atomic mass is 19.4. The molecule has 0 unspecified atom stereocenters. The second kappa shape index (κ2) is 6.26. The molecule has 2 N–H and O–H groups in total. The molecule has 0 aliphatic heterocycles. The van der Waals surface area contributed by atoms with Crippen LogP contribution in [-0.4, -0.2) is 18.0 Å². The molecule has 0 heterocycles. The van der Waals surface area contributed by atoms with E-state index in [1.165, 1.54) is 12.1 Å². The summed E-state index contributed by atoms with van der Waals surface area (Å²) in [6.45, 7) is 5.48. The summed E-state index contributed by atoms with van der Waals surface area (Å²) in [5.74, 6) is -0.248. The maximum Gasteiger partial charge on any atom is 0.416 e. The van der Waals surface area contributed by atoms with E-state index in [-0.39, 0.29) is 30.1 Å². The topological polar surface area (TPSA) is 41.1 Å². The van der Waals surface area contributed by atoms with Crippen LogP contribution in [-0.2, 0) is 17.5 Å². The minimum absolute atomic E-state index is 0.00670. The third kappa shape index (κ3) is 5.61. The Bertz CT molecular complexity index is 464. The predicted molar refractivity (Wildman–Crippen MR) is 71.0 cm³/mol. The molecule has 0 atom stereocenters. The molecule has 112 valence electrons. The fourth-order valence-corrected chi connectivity index (χ4v) is 1.72. The first-order chi connectivity index (χ1) is 9.09. The van der Waals surface area contributed by atoms with E-state index in [1.807, 2.05) is 20.8 Å². The van der Waals surface area contributed by atoms with Gasteiger partial charge in [-0.3, -0.25) is 4.79 Å². The van der Waals surface area contributed by atoms with Gasteiger partial charge in [0.25, 0.3) is 0 Å². The first kappa shape index (κ1) is 16.5. The van der Waals surface area contributed by atoms with Gasteiger partial charge in [-0.2, -0.15) is 13.2 Å². The highest BCUT2D eigenvalue weighted by Gasteiger charge is 2.32. The number of carbonyl (C=O) groups is 1. The fourth-order valence-electron chi connectivity index (χ4n) is 1.72. The zero-order valence-electron chi connectivity index (χ0n) is 11.8. The van der Waals surface area contributed by atoms with E-state index in [0.29, 0.717) is 0 Å². The Morgan fingerprint density at radius 1 is 1.15 bits per heavy atom. The van der Waals surface area contributed by atoms with Crippen LogP contribution in [0.5, 0.6) is 0 Å². The molecule has 0 aliphatic rings. The lowest BCUT2D eigenvalue weighted by Crippen LogP contribution is -2.44. The van der Waals surface area contributed by atoms with E-state index in [9.17, 15) is 18.0 Å². The van der Waals surface area contributed by atoms with E-state index in [0.717, 1.165) is 6.07 Å². The maximum absolute atomic E-state index is 12.7. The number of hydrogen-bond acceptors (Lipinski definition) is 2. The Morgan fingerprint density at radius 3 is 2.30 bits per heavy atom. The molecule has 0 spiro atoms. The molecule has 0 aliphatic carbocycles. The van der Waals surface area contributed by atoms with Crippen molar-refractivity contribution < 1.29 is 18.0 Å². The van der Waals surface area contributed by atoms with Gasteiger partial charge in [-0.25, -0.2) is 0 Å². The average molecular weight is 288 g/mol. The first-order valence-corrected chi connectivity index (χ1v) is 6.26. The van der Waals surface area contributed by atoms with Gasteiger partial charge in [0.05, 0.1) is 12.1 Å². The van der Waals surface area contributed by atoms with Crippen molar-refractivity contribution in [1.29, 1.82) is 0 Å². The minimum atomic E-state index is -4.38. The minimum Gasteiger partial charge on any atom is -0.350 e. The lowest BCUT2D eigenvalue weighted by Gasteiger charge is -2.20. The van der Waals surface area contributed by atoms with Crippen molar-refractivity contribution in [3.8, 4) is 0 Å². The van der Waals surface area contributed by atoms with Crippen molar-refractivity contribution in [3.05, 3.63) is 35.4 Å².